The summed E-state index contributed by atoms with van der Waals surface area (Å²) >= 11 is 0. The maximum atomic E-state index is 11.1. The molecule has 0 radical (unpaired) electrons. The first-order chi connectivity index (χ1) is 8.76. The lowest BCUT2D eigenvalue weighted by molar-refractivity contribution is -0.120. The number of carbonyl (C=O) groups excluding carboxylic acids is 1. The van der Waals surface area contributed by atoms with Gasteiger partial charge in [-0.05, 0) is 29.6 Å². The topological polar surface area (TPSA) is 87.1 Å². The minimum absolute atomic E-state index is 0.0321. The van der Waals surface area contributed by atoms with Crippen LogP contribution in [0.2, 0.25) is 0 Å². The number of nitrogens with one attached hydrogen (secondary N) is 1. The summed E-state index contributed by atoms with van der Waals surface area (Å²) in [5.74, 6) is 0.761. The van der Waals surface area contributed by atoms with Crippen LogP contribution in [0.25, 0.3) is 10.4 Å². The van der Waals surface area contributed by atoms with Gasteiger partial charge in [0.15, 0.2) is 0 Å². The number of hydrogen-bond acceptors (Lipinski definition) is 3. The van der Waals surface area contributed by atoms with E-state index in [4.69, 9.17) is 10.3 Å². The lowest BCUT2D eigenvalue weighted by atomic mass is 10.1. The van der Waals surface area contributed by atoms with Crippen LogP contribution in [0.3, 0.4) is 0 Å². The van der Waals surface area contributed by atoms with Gasteiger partial charge in [-0.15, -0.1) is 0 Å². The molecule has 0 aliphatic rings. The molecule has 0 saturated heterocycles. The molecule has 0 saturated carbocycles. The molecule has 6 heteroatoms. The number of rotatable bonds is 7. The number of carbonyl (C=O) groups is 1. The zero-order chi connectivity index (χ0) is 13.2. The maximum Gasteiger partial charge on any atom is 0.220 e. The van der Waals surface area contributed by atoms with E-state index in [1.54, 1.807) is 7.05 Å². The summed E-state index contributed by atoms with van der Waals surface area (Å²) < 4.78 is 5.37. The molecule has 1 amide bonds. The highest BCUT2D eigenvalue weighted by atomic mass is 16.5. The zero-order valence-corrected chi connectivity index (χ0v) is 10.3. The maximum absolute atomic E-state index is 11.1. The van der Waals surface area contributed by atoms with E-state index in [2.05, 4.69) is 15.3 Å². The zero-order valence-electron chi connectivity index (χ0n) is 10.3. The summed E-state index contributed by atoms with van der Waals surface area (Å²) in [5.41, 5.74) is 9.18. The predicted molar refractivity (Wildman–Crippen MR) is 68.3 cm³/mol. The van der Waals surface area contributed by atoms with Crippen LogP contribution >= 0.6 is 0 Å². The Labute approximate surface area is 106 Å². The fraction of sp³-hybridized carbons (Fsp3) is 0.417. The van der Waals surface area contributed by atoms with E-state index >= 15 is 0 Å². The van der Waals surface area contributed by atoms with Gasteiger partial charge in [0.2, 0.25) is 5.91 Å². The van der Waals surface area contributed by atoms with Crippen LogP contribution in [0, 0.1) is 0 Å². The smallest absolute Gasteiger partial charge is 0.220 e. The van der Waals surface area contributed by atoms with Crippen molar-refractivity contribution in [3.8, 4) is 5.75 Å². The van der Waals surface area contributed by atoms with E-state index in [1.807, 2.05) is 24.3 Å². The van der Waals surface area contributed by atoms with Gasteiger partial charge in [-0.2, -0.15) is 0 Å². The molecule has 0 aliphatic heterocycles. The number of azide groups is 1. The minimum Gasteiger partial charge on any atom is -0.493 e. The first kappa shape index (κ1) is 13.9. The Balaban J connectivity index is 2.37. The van der Waals surface area contributed by atoms with Gasteiger partial charge < -0.3 is 10.1 Å². The largest absolute Gasteiger partial charge is 0.493 e. The van der Waals surface area contributed by atoms with Gasteiger partial charge in [-0.25, -0.2) is 0 Å². The third-order valence-corrected chi connectivity index (χ3v) is 2.37. The Hall–Kier alpha value is -2.20. The molecule has 1 rings (SSSR count). The molecule has 0 heterocycles. The number of amides is 1. The van der Waals surface area contributed by atoms with E-state index in [-0.39, 0.29) is 5.91 Å². The summed E-state index contributed by atoms with van der Waals surface area (Å²) in [5, 5.41) is 5.96. The first-order valence-corrected chi connectivity index (χ1v) is 5.69. The molecule has 0 atom stereocenters. The molecular formula is C12H16N4O2. The van der Waals surface area contributed by atoms with Crippen molar-refractivity contribution in [1.29, 1.82) is 0 Å². The van der Waals surface area contributed by atoms with Crippen molar-refractivity contribution in [2.75, 3.05) is 20.2 Å². The summed E-state index contributed by atoms with van der Waals surface area (Å²) in [6.45, 7) is 0.677. The Morgan fingerprint density at radius 2 is 2.17 bits per heavy atom. The van der Waals surface area contributed by atoms with Crippen LogP contribution < -0.4 is 10.1 Å². The molecule has 0 aromatic heterocycles. The average Bonchev–Trinajstić information content (AvgIpc) is 2.42. The highest BCUT2D eigenvalue weighted by Gasteiger charge is 2.00. The summed E-state index contributed by atoms with van der Waals surface area (Å²) in [7, 11) is 1.63. The van der Waals surface area contributed by atoms with Crippen molar-refractivity contribution >= 4 is 5.91 Å². The minimum atomic E-state index is 0.0321. The number of aryl methyl sites for hydroxylation is 1. The van der Waals surface area contributed by atoms with E-state index in [9.17, 15) is 4.79 Å². The highest BCUT2D eigenvalue weighted by Crippen LogP contribution is 2.13. The second kappa shape index (κ2) is 7.97. The van der Waals surface area contributed by atoms with Gasteiger partial charge in [0, 0.05) is 18.4 Å². The van der Waals surface area contributed by atoms with Crippen LogP contribution in [0.15, 0.2) is 29.4 Å². The Morgan fingerprint density at radius 3 is 2.78 bits per heavy atom. The van der Waals surface area contributed by atoms with E-state index < -0.39 is 0 Å². The quantitative estimate of drug-likeness (QED) is 0.346. The number of nitrogens with zero attached hydrogens (tertiary/aromatic N) is 3. The number of ether oxygens (including phenoxy) is 1. The first-order valence-electron chi connectivity index (χ1n) is 5.69. The van der Waals surface area contributed by atoms with Crippen LogP contribution in [0.1, 0.15) is 12.0 Å². The standard InChI is InChI=1S/C12H16N4O2/c1-14-12(17)7-4-10-2-5-11(6-3-10)18-9-8-15-16-13/h2-3,5-6H,4,7-9H2,1H3,(H,14,17). The molecular weight excluding hydrogens is 232 g/mol. The van der Waals surface area contributed by atoms with Gasteiger partial charge in [0.25, 0.3) is 0 Å². The van der Waals surface area contributed by atoms with Crippen LogP contribution in [-0.4, -0.2) is 26.1 Å². The molecule has 1 aromatic carbocycles. The normalized spacial score (nSPS) is 9.39. The Bertz CT molecular complexity index is 424. The lowest BCUT2D eigenvalue weighted by Crippen LogP contribution is -2.17. The summed E-state index contributed by atoms with van der Waals surface area (Å²) in [6.07, 6.45) is 1.19. The number of benzene rings is 1. The van der Waals surface area contributed by atoms with Crippen molar-refractivity contribution in [2.24, 2.45) is 5.11 Å². The Kier molecular flexibility index (Phi) is 6.14. The van der Waals surface area contributed by atoms with Gasteiger partial charge in [0.05, 0.1) is 13.2 Å². The van der Waals surface area contributed by atoms with Gasteiger partial charge in [0.1, 0.15) is 5.75 Å². The van der Waals surface area contributed by atoms with Crippen LogP contribution in [0.5, 0.6) is 5.75 Å². The molecule has 1 aromatic rings. The third kappa shape index (κ3) is 5.23. The van der Waals surface area contributed by atoms with Crippen molar-refractivity contribution in [1.82, 2.24) is 5.32 Å². The second-order valence-corrected chi connectivity index (χ2v) is 3.62. The average molecular weight is 248 g/mol. The molecule has 18 heavy (non-hydrogen) atoms. The molecule has 0 fully saturated rings. The fourth-order valence-electron chi connectivity index (χ4n) is 1.38. The molecule has 6 nitrogen and oxygen atoms in total. The lowest BCUT2D eigenvalue weighted by Gasteiger charge is -2.05. The van der Waals surface area contributed by atoms with Crippen molar-refractivity contribution in [3.63, 3.8) is 0 Å². The molecule has 0 aliphatic carbocycles. The molecule has 0 unspecified atom stereocenters. The van der Waals surface area contributed by atoms with E-state index in [0.29, 0.717) is 26.0 Å². The summed E-state index contributed by atoms with van der Waals surface area (Å²) in [4.78, 5) is 13.7. The Morgan fingerprint density at radius 1 is 1.44 bits per heavy atom. The second-order valence-electron chi connectivity index (χ2n) is 3.62. The predicted octanol–water partition coefficient (Wildman–Crippen LogP) is 2.05. The fourth-order valence-corrected chi connectivity index (χ4v) is 1.38. The van der Waals surface area contributed by atoms with Crippen LogP contribution in [0.4, 0.5) is 0 Å². The van der Waals surface area contributed by atoms with Gasteiger partial charge in [-0.1, -0.05) is 17.2 Å². The molecule has 0 bridgehead atoms. The summed E-state index contributed by atoms with van der Waals surface area (Å²) in [6, 6.07) is 7.53. The number of hydrogen-bond donors (Lipinski definition) is 1. The highest BCUT2D eigenvalue weighted by molar-refractivity contribution is 5.75. The molecule has 0 spiro atoms. The van der Waals surface area contributed by atoms with Crippen molar-refractivity contribution < 1.29 is 9.53 Å². The van der Waals surface area contributed by atoms with Crippen LogP contribution in [-0.2, 0) is 11.2 Å². The SMILES string of the molecule is CNC(=O)CCc1ccc(OCCN=[N+]=[N-])cc1. The molecule has 1 N–H and O–H groups in total. The van der Waals surface area contributed by atoms with E-state index in [1.165, 1.54) is 0 Å². The van der Waals surface area contributed by atoms with Gasteiger partial charge >= 0.3 is 0 Å². The monoisotopic (exact) mass is 248 g/mol. The van der Waals surface area contributed by atoms with Crippen molar-refractivity contribution in [3.05, 3.63) is 40.3 Å². The molecule has 96 valence electrons. The van der Waals surface area contributed by atoms with E-state index in [0.717, 1.165) is 11.3 Å². The van der Waals surface area contributed by atoms with Crippen molar-refractivity contribution in [2.45, 2.75) is 12.8 Å². The third-order valence-electron chi connectivity index (χ3n) is 2.37. The van der Waals surface area contributed by atoms with Gasteiger partial charge in [-0.3, -0.25) is 4.79 Å².